The maximum atomic E-state index is 12.7. The Morgan fingerprint density at radius 3 is 2.81 bits per heavy atom. The van der Waals surface area contributed by atoms with E-state index in [1.54, 1.807) is 24.3 Å². The van der Waals surface area contributed by atoms with E-state index >= 15 is 0 Å². The Morgan fingerprint density at radius 2 is 1.96 bits per heavy atom. The smallest absolute Gasteiger partial charge is 0.323 e. The maximum absolute atomic E-state index is 12.7. The third-order valence-electron chi connectivity index (χ3n) is 4.20. The van der Waals surface area contributed by atoms with E-state index in [2.05, 4.69) is 20.3 Å². The molecule has 0 aliphatic rings. The summed E-state index contributed by atoms with van der Waals surface area (Å²) in [5.41, 5.74) is 3.94. The van der Waals surface area contributed by atoms with Crippen LogP contribution in [0.25, 0.3) is 21.9 Å². The van der Waals surface area contributed by atoms with E-state index in [1.807, 2.05) is 25.1 Å². The first-order valence-electron chi connectivity index (χ1n) is 8.06. The van der Waals surface area contributed by atoms with Crippen LogP contribution >= 0.6 is 11.6 Å². The third kappa shape index (κ3) is 2.95. The molecule has 4 rings (SSSR count). The number of aryl methyl sites for hydroxylation is 1. The van der Waals surface area contributed by atoms with Gasteiger partial charge in [0.2, 0.25) is 0 Å². The van der Waals surface area contributed by atoms with Gasteiger partial charge in [0, 0.05) is 17.6 Å². The highest BCUT2D eigenvalue weighted by Crippen LogP contribution is 2.25. The number of rotatable bonds is 3. The summed E-state index contributed by atoms with van der Waals surface area (Å²) < 4.78 is 0. The number of nitrogens with one attached hydrogen (secondary N) is 3. The second-order valence-electron chi connectivity index (χ2n) is 6.09. The van der Waals surface area contributed by atoms with Gasteiger partial charge in [-0.2, -0.15) is 0 Å². The summed E-state index contributed by atoms with van der Waals surface area (Å²) in [7, 11) is 0. The van der Waals surface area contributed by atoms with Crippen molar-refractivity contribution < 1.29 is 4.79 Å². The Hall–Kier alpha value is -3.12. The zero-order valence-corrected chi connectivity index (χ0v) is 14.6. The quantitative estimate of drug-likeness (QED) is 0.519. The second kappa shape index (κ2) is 6.31. The molecule has 0 spiro atoms. The highest BCUT2D eigenvalue weighted by Gasteiger charge is 2.13. The molecule has 130 valence electrons. The Kier molecular flexibility index (Phi) is 3.97. The molecule has 6 nitrogen and oxygen atoms in total. The second-order valence-corrected chi connectivity index (χ2v) is 6.50. The number of amides is 1. The van der Waals surface area contributed by atoms with E-state index in [9.17, 15) is 9.59 Å². The van der Waals surface area contributed by atoms with Crippen molar-refractivity contribution in [3.05, 3.63) is 74.8 Å². The number of halogens is 1. The number of imidazole rings is 1. The minimum Gasteiger partial charge on any atom is -0.348 e. The number of fused-ring (bicyclic) bond motifs is 2. The van der Waals surface area contributed by atoms with Crippen LogP contribution in [-0.2, 0) is 6.54 Å². The number of carbonyl (C=O) groups excluding carboxylic acids is 1. The number of nitrogens with zero attached hydrogens (tertiary/aromatic N) is 1. The van der Waals surface area contributed by atoms with Crippen molar-refractivity contribution in [1.29, 1.82) is 0 Å². The maximum Gasteiger partial charge on any atom is 0.323 e. The Labute approximate surface area is 153 Å². The summed E-state index contributed by atoms with van der Waals surface area (Å²) in [6.07, 6.45) is 0. The lowest BCUT2D eigenvalue weighted by molar-refractivity contribution is 0.0952. The van der Waals surface area contributed by atoms with Crippen LogP contribution < -0.4 is 11.0 Å². The minimum absolute atomic E-state index is 0.203. The van der Waals surface area contributed by atoms with E-state index < -0.39 is 0 Å². The van der Waals surface area contributed by atoms with Crippen molar-refractivity contribution in [2.24, 2.45) is 0 Å². The largest absolute Gasteiger partial charge is 0.348 e. The monoisotopic (exact) mass is 366 g/mol. The van der Waals surface area contributed by atoms with Crippen LogP contribution in [0.2, 0.25) is 5.02 Å². The molecule has 0 aliphatic carbocycles. The van der Waals surface area contributed by atoms with Gasteiger partial charge in [-0.05, 0) is 36.8 Å². The zero-order valence-electron chi connectivity index (χ0n) is 13.9. The molecule has 26 heavy (non-hydrogen) atoms. The van der Waals surface area contributed by atoms with Crippen LogP contribution in [0.5, 0.6) is 0 Å². The van der Waals surface area contributed by atoms with Crippen molar-refractivity contribution >= 4 is 39.4 Å². The summed E-state index contributed by atoms with van der Waals surface area (Å²) in [6, 6.07) is 12.6. The van der Waals surface area contributed by atoms with E-state index in [0.717, 1.165) is 16.8 Å². The molecular formula is C19H15ClN4O2. The molecule has 3 N–H and O–H groups in total. The number of hydrogen-bond acceptors (Lipinski definition) is 3. The van der Waals surface area contributed by atoms with E-state index in [0.29, 0.717) is 33.6 Å². The molecule has 0 saturated carbocycles. The van der Waals surface area contributed by atoms with Gasteiger partial charge in [-0.15, -0.1) is 0 Å². The normalized spacial score (nSPS) is 11.2. The molecule has 2 aromatic carbocycles. The molecule has 0 bridgehead atoms. The highest BCUT2D eigenvalue weighted by atomic mass is 35.5. The molecule has 0 unspecified atom stereocenters. The Bertz CT molecular complexity index is 1210. The number of aromatic amines is 2. The van der Waals surface area contributed by atoms with Gasteiger partial charge in [0.15, 0.2) is 0 Å². The fourth-order valence-corrected chi connectivity index (χ4v) is 3.21. The third-order valence-corrected chi connectivity index (χ3v) is 4.50. The van der Waals surface area contributed by atoms with Crippen molar-refractivity contribution in [2.75, 3.05) is 0 Å². The van der Waals surface area contributed by atoms with Gasteiger partial charge in [-0.25, -0.2) is 4.79 Å². The first kappa shape index (κ1) is 16.4. The fraction of sp³-hybridized carbons (Fsp3) is 0.105. The van der Waals surface area contributed by atoms with Crippen LogP contribution in [0.3, 0.4) is 0 Å². The van der Waals surface area contributed by atoms with Gasteiger partial charge in [-0.3, -0.25) is 9.78 Å². The van der Waals surface area contributed by atoms with Gasteiger partial charge in [0.1, 0.15) is 0 Å². The predicted octanol–water partition coefficient (Wildman–Crippen LogP) is 3.30. The average Bonchev–Trinajstić information content (AvgIpc) is 2.99. The number of H-pyrrole nitrogens is 2. The van der Waals surface area contributed by atoms with Gasteiger partial charge in [-0.1, -0.05) is 29.8 Å². The summed E-state index contributed by atoms with van der Waals surface area (Å²) in [5, 5.41) is 4.14. The van der Waals surface area contributed by atoms with Crippen molar-refractivity contribution in [3.8, 4) is 0 Å². The van der Waals surface area contributed by atoms with Gasteiger partial charge >= 0.3 is 5.69 Å². The number of benzene rings is 2. The zero-order chi connectivity index (χ0) is 18.3. The number of aromatic nitrogens is 3. The van der Waals surface area contributed by atoms with E-state index in [4.69, 9.17) is 11.6 Å². The first-order valence-corrected chi connectivity index (χ1v) is 8.44. The molecule has 0 saturated heterocycles. The summed E-state index contributed by atoms with van der Waals surface area (Å²) >= 11 is 6.21. The van der Waals surface area contributed by atoms with Crippen LogP contribution in [0.4, 0.5) is 0 Å². The summed E-state index contributed by atoms with van der Waals surface area (Å²) in [5.74, 6) is -0.203. The number of pyridine rings is 1. The molecule has 7 heteroatoms. The number of hydrogen-bond donors (Lipinski definition) is 3. The molecule has 4 aromatic rings. The fourth-order valence-electron chi connectivity index (χ4n) is 3.00. The molecule has 0 atom stereocenters. The molecule has 0 radical (unpaired) electrons. The van der Waals surface area contributed by atoms with Crippen LogP contribution in [0.1, 0.15) is 21.6 Å². The van der Waals surface area contributed by atoms with Crippen LogP contribution in [-0.4, -0.2) is 20.9 Å². The number of carbonyl (C=O) groups is 1. The average molecular weight is 367 g/mol. The van der Waals surface area contributed by atoms with E-state index in [1.165, 1.54) is 0 Å². The van der Waals surface area contributed by atoms with Gasteiger partial charge in [0.05, 0.1) is 27.1 Å². The van der Waals surface area contributed by atoms with E-state index in [-0.39, 0.29) is 11.6 Å². The summed E-state index contributed by atoms with van der Waals surface area (Å²) in [4.78, 5) is 33.9. The Balaban J connectivity index is 1.62. The predicted molar refractivity (Wildman–Crippen MR) is 102 cm³/mol. The first-order chi connectivity index (χ1) is 12.5. The highest BCUT2D eigenvalue weighted by molar-refractivity contribution is 6.35. The lowest BCUT2D eigenvalue weighted by atomic mass is 10.1. The van der Waals surface area contributed by atoms with Gasteiger partial charge in [0.25, 0.3) is 5.91 Å². The lowest BCUT2D eigenvalue weighted by Gasteiger charge is -2.10. The molecular weight excluding hydrogens is 352 g/mol. The van der Waals surface area contributed by atoms with Crippen molar-refractivity contribution in [2.45, 2.75) is 13.5 Å². The van der Waals surface area contributed by atoms with Crippen molar-refractivity contribution in [1.82, 2.24) is 20.3 Å². The van der Waals surface area contributed by atoms with Crippen molar-refractivity contribution in [3.63, 3.8) is 0 Å². The molecule has 0 fully saturated rings. The molecule has 1 amide bonds. The van der Waals surface area contributed by atoms with Crippen LogP contribution in [0.15, 0.2) is 47.3 Å². The Morgan fingerprint density at radius 1 is 1.15 bits per heavy atom. The molecule has 2 heterocycles. The minimum atomic E-state index is -0.253. The standard InChI is InChI=1S/C19H15ClN4O2/c1-10-7-13(12-3-2-4-14(20)17(12)22-10)18(25)21-9-11-5-6-15-16(8-11)24-19(26)23-15/h2-8H,9H2,1H3,(H,21,25)(H2,23,24,26). The van der Waals surface area contributed by atoms with Crippen LogP contribution in [0, 0.1) is 6.92 Å². The molecule has 2 aromatic heterocycles. The molecule has 0 aliphatic heterocycles. The lowest BCUT2D eigenvalue weighted by Crippen LogP contribution is -2.23. The summed E-state index contributed by atoms with van der Waals surface area (Å²) in [6.45, 7) is 2.17. The number of para-hydroxylation sites is 1. The SMILES string of the molecule is Cc1cc(C(=O)NCc2ccc3[nH]c(=O)[nH]c3c2)c2cccc(Cl)c2n1. The van der Waals surface area contributed by atoms with Gasteiger partial charge < -0.3 is 15.3 Å². The topological polar surface area (TPSA) is 90.6 Å².